The highest BCUT2D eigenvalue weighted by atomic mass is 15.4. The van der Waals surface area contributed by atoms with Gasteiger partial charge in [-0.15, -0.1) is 5.10 Å². The van der Waals surface area contributed by atoms with E-state index in [2.05, 4.69) is 47.6 Å². The van der Waals surface area contributed by atoms with Crippen LogP contribution >= 0.6 is 0 Å². The molecule has 1 aromatic rings. The van der Waals surface area contributed by atoms with Gasteiger partial charge in [0.2, 0.25) is 0 Å². The van der Waals surface area contributed by atoms with Crippen LogP contribution in [0, 0.1) is 5.92 Å². The van der Waals surface area contributed by atoms with E-state index < -0.39 is 0 Å². The van der Waals surface area contributed by atoms with Crippen molar-refractivity contribution in [3.8, 4) is 0 Å². The van der Waals surface area contributed by atoms with Crippen molar-refractivity contribution >= 4 is 0 Å². The van der Waals surface area contributed by atoms with Crippen molar-refractivity contribution in [2.75, 3.05) is 20.1 Å². The molecular formula is C16H31N5. The molecule has 0 aliphatic heterocycles. The Bertz CT molecular complexity index is 395. The summed E-state index contributed by atoms with van der Waals surface area (Å²) >= 11 is 0. The second-order valence-electron chi connectivity index (χ2n) is 6.32. The summed E-state index contributed by atoms with van der Waals surface area (Å²) in [6, 6.07) is 0.762. The monoisotopic (exact) mass is 293 g/mol. The largest absolute Gasteiger partial charge is 0.311 e. The van der Waals surface area contributed by atoms with Crippen LogP contribution in [0.25, 0.3) is 0 Å². The van der Waals surface area contributed by atoms with Crippen LogP contribution < -0.4 is 5.32 Å². The molecule has 0 aromatic carbocycles. The molecule has 21 heavy (non-hydrogen) atoms. The van der Waals surface area contributed by atoms with Crippen LogP contribution in [0.5, 0.6) is 0 Å². The fourth-order valence-electron chi connectivity index (χ4n) is 3.22. The van der Waals surface area contributed by atoms with Crippen LogP contribution in [0.3, 0.4) is 0 Å². The summed E-state index contributed by atoms with van der Waals surface area (Å²) in [6.45, 7) is 8.20. The van der Waals surface area contributed by atoms with E-state index in [-0.39, 0.29) is 0 Å². The lowest BCUT2D eigenvalue weighted by Gasteiger charge is -2.34. The van der Waals surface area contributed by atoms with E-state index in [1.165, 1.54) is 32.1 Å². The van der Waals surface area contributed by atoms with Gasteiger partial charge in [-0.25, -0.2) is 0 Å². The summed E-state index contributed by atoms with van der Waals surface area (Å²) in [5.74, 6) is 0.971. The molecule has 1 aromatic heterocycles. The molecule has 5 nitrogen and oxygen atoms in total. The van der Waals surface area contributed by atoms with Gasteiger partial charge in [0.25, 0.3) is 0 Å². The minimum atomic E-state index is 0.762. The van der Waals surface area contributed by atoms with Crippen molar-refractivity contribution in [3.63, 3.8) is 0 Å². The highest BCUT2D eigenvalue weighted by Crippen LogP contribution is 2.28. The average molecular weight is 293 g/mol. The predicted molar refractivity (Wildman–Crippen MR) is 86.1 cm³/mol. The lowest BCUT2D eigenvalue weighted by atomic mass is 9.84. The smallest absolute Gasteiger partial charge is 0.0964 e. The van der Waals surface area contributed by atoms with Gasteiger partial charge >= 0.3 is 0 Å². The number of hydrogen-bond donors (Lipinski definition) is 1. The third-order valence-corrected chi connectivity index (χ3v) is 4.84. The minimum Gasteiger partial charge on any atom is -0.311 e. The molecule has 1 fully saturated rings. The van der Waals surface area contributed by atoms with Gasteiger partial charge in [0, 0.05) is 25.3 Å². The number of likely N-dealkylation sites (N-methyl/N-ethyl adjacent to an activating group) is 1. The van der Waals surface area contributed by atoms with Gasteiger partial charge in [0.05, 0.1) is 12.2 Å². The Balaban J connectivity index is 1.71. The standard InChI is InChI=1S/C16H31N5/c1-4-14-6-8-16(9-7-14)20(3)10-11-21-13-15(18-19-21)12-17-5-2/h13-14,16-17H,4-12H2,1-3H3. The molecule has 0 spiro atoms. The summed E-state index contributed by atoms with van der Waals surface area (Å²) in [5.41, 5.74) is 1.03. The Morgan fingerprint density at radius 2 is 2.05 bits per heavy atom. The third kappa shape index (κ3) is 5.08. The second-order valence-corrected chi connectivity index (χ2v) is 6.32. The molecule has 0 amide bonds. The Kier molecular flexibility index (Phi) is 6.64. The lowest BCUT2D eigenvalue weighted by Crippen LogP contribution is -2.37. The van der Waals surface area contributed by atoms with Crippen molar-refractivity contribution in [1.29, 1.82) is 0 Å². The fraction of sp³-hybridized carbons (Fsp3) is 0.875. The number of hydrogen-bond acceptors (Lipinski definition) is 4. The maximum atomic E-state index is 4.21. The van der Waals surface area contributed by atoms with Gasteiger partial charge in [-0.05, 0) is 45.2 Å². The molecule has 1 heterocycles. The Morgan fingerprint density at radius 3 is 2.71 bits per heavy atom. The van der Waals surface area contributed by atoms with Crippen molar-refractivity contribution in [3.05, 3.63) is 11.9 Å². The van der Waals surface area contributed by atoms with Crippen LogP contribution in [-0.4, -0.2) is 46.1 Å². The number of nitrogens with zero attached hydrogens (tertiary/aromatic N) is 4. The van der Waals surface area contributed by atoms with Gasteiger partial charge in [-0.3, -0.25) is 4.68 Å². The summed E-state index contributed by atoms with van der Waals surface area (Å²) < 4.78 is 1.97. The van der Waals surface area contributed by atoms with E-state index in [4.69, 9.17) is 0 Å². The second kappa shape index (κ2) is 8.49. The molecule has 0 atom stereocenters. The van der Waals surface area contributed by atoms with Crippen molar-refractivity contribution < 1.29 is 0 Å². The van der Waals surface area contributed by atoms with E-state index >= 15 is 0 Å². The predicted octanol–water partition coefficient (Wildman–Crippen LogP) is 2.29. The Morgan fingerprint density at radius 1 is 1.29 bits per heavy atom. The summed E-state index contributed by atoms with van der Waals surface area (Å²) in [6.07, 6.45) is 8.94. The summed E-state index contributed by atoms with van der Waals surface area (Å²) in [7, 11) is 2.26. The van der Waals surface area contributed by atoms with Crippen LogP contribution in [0.2, 0.25) is 0 Å². The molecule has 1 N–H and O–H groups in total. The Hall–Kier alpha value is -0.940. The van der Waals surface area contributed by atoms with Crippen LogP contribution in [-0.2, 0) is 13.1 Å². The van der Waals surface area contributed by atoms with Gasteiger partial charge < -0.3 is 10.2 Å². The van der Waals surface area contributed by atoms with Crippen molar-refractivity contribution in [2.24, 2.45) is 5.92 Å². The van der Waals surface area contributed by atoms with E-state index in [1.54, 1.807) is 0 Å². The minimum absolute atomic E-state index is 0.762. The fourth-order valence-corrected chi connectivity index (χ4v) is 3.22. The zero-order chi connectivity index (χ0) is 15.1. The van der Waals surface area contributed by atoms with Crippen molar-refractivity contribution in [2.45, 2.75) is 65.1 Å². The van der Waals surface area contributed by atoms with Gasteiger partial charge in [-0.1, -0.05) is 25.5 Å². The average Bonchev–Trinajstić information content (AvgIpc) is 2.98. The first-order valence-corrected chi connectivity index (χ1v) is 8.52. The number of nitrogens with one attached hydrogen (secondary N) is 1. The molecule has 5 heteroatoms. The molecular weight excluding hydrogens is 262 g/mol. The number of rotatable bonds is 8. The normalized spacial score (nSPS) is 22.9. The molecule has 0 saturated heterocycles. The van der Waals surface area contributed by atoms with Crippen LogP contribution in [0.4, 0.5) is 0 Å². The highest BCUT2D eigenvalue weighted by molar-refractivity contribution is 4.91. The van der Waals surface area contributed by atoms with Crippen molar-refractivity contribution in [1.82, 2.24) is 25.2 Å². The first-order chi connectivity index (χ1) is 10.2. The number of aromatic nitrogens is 3. The quantitative estimate of drug-likeness (QED) is 0.799. The zero-order valence-electron chi connectivity index (χ0n) is 13.9. The lowest BCUT2D eigenvalue weighted by molar-refractivity contribution is 0.157. The maximum absolute atomic E-state index is 4.21. The van der Waals surface area contributed by atoms with Gasteiger partial charge in [0.15, 0.2) is 0 Å². The first-order valence-electron chi connectivity index (χ1n) is 8.52. The van der Waals surface area contributed by atoms with E-state index in [9.17, 15) is 0 Å². The summed E-state index contributed by atoms with van der Waals surface area (Å²) in [4.78, 5) is 2.51. The third-order valence-electron chi connectivity index (χ3n) is 4.84. The summed E-state index contributed by atoms with van der Waals surface area (Å²) in [5, 5.41) is 11.7. The highest BCUT2D eigenvalue weighted by Gasteiger charge is 2.22. The molecule has 120 valence electrons. The van der Waals surface area contributed by atoms with E-state index in [1.807, 2.05) is 4.68 Å². The first kappa shape index (κ1) is 16.4. The molecule has 0 radical (unpaired) electrons. The molecule has 1 saturated carbocycles. The zero-order valence-corrected chi connectivity index (χ0v) is 13.9. The van der Waals surface area contributed by atoms with E-state index in [0.717, 1.165) is 43.8 Å². The van der Waals surface area contributed by atoms with Gasteiger partial charge in [-0.2, -0.15) is 0 Å². The SMILES string of the molecule is CCNCc1cn(CCN(C)C2CCC(CC)CC2)nn1. The van der Waals surface area contributed by atoms with E-state index in [0.29, 0.717) is 0 Å². The Labute approximate surface area is 129 Å². The topological polar surface area (TPSA) is 46.0 Å². The molecule has 0 unspecified atom stereocenters. The molecule has 2 rings (SSSR count). The maximum Gasteiger partial charge on any atom is 0.0964 e. The molecule has 0 bridgehead atoms. The molecule has 1 aliphatic rings. The van der Waals surface area contributed by atoms with Gasteiger partial charge in [0.1, 0.15) is 0 Å². The van der Waals surface area contributed by atoms with Crippen LogP contribution in [0.15, 0.2) is 6.20 Å². The van der Waals surface area contributed by atoms with Crippen LogP contribution in [0.1, 0.15) is 51.6 Å². The molecule has 1 aliphatic carbocycles.